The third-order valence-electron chi connectivity index (χ3n) is 4.83. The number of hydrogen-bond acceptors (Lipinski definition) is 5. The second-order valence-electron chi connectivity index (χ2n) is 6.84. The highest BCUT2D eigenvalue weighted by atomic mass is 19.1. The zero-order valence-electron chi connectivity index (χ0n) is 15.2. The monoisotopic (exact) mass is 376 g/mol. The highest BCUT2D eigenvalue weighted by Crippen LogP contribution is 2.29. The van der Waals surface area contributed by atoms with Crippen molar-refractivity contribution in [1.29, 1.82) is 0 Å². The number of ether oxygens (including phenoxy) is 1. The average Bonchev–Trinajstić information content (AvgIpc) is 3.35. The molecule has 0 saturated carbocycles. The lowest BCUT2D eigenvalue weighted by Gasteiger charge is -2.24. The number of hydrogen-bond donors (Lipinski definition) is 0. The van der Waals surface area contributed by atoms with Gasteiger partial charge in [-0.2, -0.15) is 10.1 Å². The summed E-state index contributed by atoms with van der Waals surface area (Å²) in [6.07, 6.45) is -0.0432. The highest BCUT2D eigenvalue weighted by Gasteiger charge is 2.24. The Morgan fingerprint density at radius 2 is 1.86 bits per heavy atom. The molecule has 4 aromatic rings. The van der Waals surface area contributed by atoms with Gasteiger partial charge < -0.3 is 9.26 Å². The van der Waals surface area contributed by atoms with Crippen LogP contribution in [0, 0.1) is 12.7 Å². The molecule has 1 aliphatic heterocycles. The zero-order chi connectivity index (χ0) is 19.1. The van der Waals surface area contributed by atoms with E-state index in [9.17, 15) is 4.39 Å². The van der Waals surface area contributed by atoms with Gasteiger partial charge in [0.2, 0.25) is 5.82 Å². The third-order valence-corrected chi connectivity index (χ3v) is 4.83. The molecule has 1 aliphatic rings. The molecule has 7 heteroatoms. The maximum Gasteiger partial charge on any atom is 0.278 e. The Morgan fingerprint density at radius 3 is 2.64 bits per heavy atom. The Morgan fingerprint density at radius 1 is 1.07 bits per heavy atom. The quantitative estimate of drug-likeness (QED) is 0.533. The predicted molar refractivity (Wildman–Crippen MR) is 99.6 cm³/mol. The van der Waals surface area contributed by atoms with Crippen LogP contribution < -0.4 is 0 Å². The maximum atomic E-state index is 13.1. The van der Waals surface area contributed by atoms with Crippen LogP contribution in [0.1, 0.15) is 22.9 Å². The van der Waals surface area contributed by atoms with Crippen molar-refractivity contribution in [3.63, 3.8) is 0 Å². The van der Waals surface area contributed by atoms with E-state index in [0.29, 0.717) is 36.1 Å². The fraction of sp³-hybridized carbons (Fsp3) is 0.190. The molecule has 0 saturated heterocycles. The van der Waals surface area contributed by atoms with Crippen molar-refractivity contribution >= 4 is 0 Å². The van der Waals surface area contributed by atoms with Crippen molar-refractivity contribution < 1.29 is 13.7 Å². The minimum Gasteiger partial charge on any atom is -0.365 e. The van der Waals surface area contributed by atoms with Gasteiger partial charge in [-0.15, -0.1) is 0 Å². The van der Waals surface area contributed by atoms with E-state index in [2.05, 4.69) is 46.4 Å². The van der Waals surface area contributed by atoms with E-state index in [4.69, 9.17) is 9.26 Å². The van der Waals surface area contributed by atoms with Crippen LogP contribution in [0.3, 0.4) is 0 Å². The molecule has 0 aliphatic carbocycles. The summed E-state index contributed by atoms with van der Waals surface area (Å²) in [5.41, 5.74) is 4.59. The van der Waals surface area contributed by atoms with Crippen LogP contribution in [-0.4, -0.2) is 19.9 Å². The summed E-state index contributed by atoms with van der Waals surface area (Å²) >= 11 is 0. The van der Waals surface area contributed by atoms with Crippen LogP contribution in [0.2, 0.25) is 0 Å². The van der Waals surface area contributed by atoms with Gasteiger partial charge in [0, 0.05) is 5.56 Å². The molecule has 6 nitrogen and oxygen atoms in total. The standard InChI is InChI=1S/C21H17FN4O2/c1-13-2-4-14(5-3-13)19-11-26-17(12-27-19)10-18(24-26)21-23-20(25-28-21)15-6-8-16(22)9-7-15/h2-10,19H,11-12H2,1H3/t19-/m1/s1. The van der Waals surface area contributed by atoms with Crippen LogP contribution in [0.25, 0.3) is 23.0 Å². The fourth-order valence-electron chi connectivity index (χ4n) is 3.26. The topological polar surface area (TPSA) is 66.0 Å². The van der Waals surface area contributed by atoms with Crippen molar-refractivity contribution in [2.45, 2.75) is 26.2 Å². The predicted octanol–water partition coefficient (Wildman–Crippen LogP) is 4.32. The second-order valence-corrected chi connectivity index (χ2v) is 6.84. The molecule has 1 atom stereocenters. The lowest BCUT2D eigenvalue weighted by atomic mass is 10.1. The molecule has 0 amide bonds. The van der Waals surface area contributed by atoms with E-state index in [1.807, 2.05) is 10.7 Å². The first-order chi connectivity index (χ1) is 13.7. The van der Waals surface area contributed by atoms with Crippen LogP contribution in [0.5, 0.6) is 0 Å². The summed E-state index contributed by atoms with van der Waals surface area (Å²) in [5.74, 6) is 0.417. The van der Waals surface area contributed by atoms with Crippen molar-refractivity contribution in [2.24, 2.45) is 0 Å². The summed E-state index contributed by atoms with van der Waals surface area (Å²) in [6, 6.07) is 16.2. The van der Waals surface area contributed by atoms with Crippen molar-refractivity contribution in [3.05, 3.63) is 77.2 Å². The zero-order valence-corrected chi connectivity index (χ0v) is 15.2. The Hall–Kier alpha value is -3.32. The lowest BCUT2D eigenvalue weighted by molar-refractivity contribution is -0.00113. The van der Waals surface area contributed by atoms with Gasteiger partial charge in [0.25, 0.3) is 5.89 Å². The molecule has 2 aromatic heterocycles. The number of aromatic nitrogens is 4. The SMILES string of the molecule is Cc1ccc([C@H]2Cn3nc(-c4nc(-c5ccc(F)cc5)no4)cc3CO2)cc1. The van der Waals surface area contributed by atoms with Gasteiger partial charge in [-0.1, -0.05) is 35.0 Å². The molecule has 0 spiro atoms. The Balaban J connectivity index is 1.39. The van der Waals surface area contributed by atoms with Gasteiger partial charge in [-0.3, -0.25) is 4.68 Å². The van der Waals surface area contributed by atoms with E-state index >= 15 is 0 Å². The molecule has 5 rings (SSSR count). The summed E-state index contributed by atoms with van der Waals surface area (Å²) in [6.45, 7) is 3.15. The summed E-state index contributed by atoms with van der Waals surface area (Å²) in [5, 5.41) is 8.60. The first-order valence-corrected chi connectivity index (χ1v) is 9.00. The van der Waals surface area contributed by atoms with E-state index in [0.717, 1.165) is 11.3 Å². The molecule has 140 valence electrons. The Labute approximate surface area is 160 Å². The molecule has 3 heterocycles. The van der Waals surface area contributed by atoms with Crippen LogP contribution in [0.4, 0.5) is 4.39 Å². The Kier molecular flexibility index (Phi) is 4.02. The number of rotatable bonds is 3. The van der Waals surface area contributed by atoms with Crippen molar-refractivity contribution in [1.82, 2.24) is 19.9 Å². The molecule has 0 unspecified atom stereocenters. The number of halogens is 1. The van der Waals surface area contributed by atoms with Gasteiger partial charge in [0.1, 0.15) is 11.9 Å². The average molecular weight is 376 g/mol. The van der Waals surface area contributed by atoms with Gasteiger partial charge in [-0.05, 0) is 42.8 Å². The largest absolute Gasteiger partial charge is 0.365 e. The minimum absolute atomic E-state index is 0.0432. The van der Waals surface area contributed by atoms with Gasteiger partial charge in [-0.25, -0.2) is 4.39 Å². The lowest BCUT2D eigenvalue weighted by Crippen LogP contribution is -2.21. The maximum absolute atomic E-state index is 13.1. The first kappa shape index (κ1) is 16.8. The van der Waals surface area contributed by atoms with Gasteiger partial charge in [0.15, 0.2) is 5.69 Å². The van der Waals surface area contributed by atoms with Crippen LogP contribution >= 0.6 is 0 Å². The van der Waals surface area contributed by atoms with Gasteiger partial charge in [0.05, 0.1) is 18.8 Å². The number of nitrogens with zero attached hydrogens (tertiary/aromatic N) is 4. The number of fused-ring (bicyclic) bond motifs is 1. The second kappa shape index (κ2) is 6.69. The van der Waals surface area contributed by atoms with Crippen molar-refractivity contribution in [3.8, 4) is 23.0 Å². The number of aryl methyl sites for hydroxylation is 1. The summed E-state index contributed by atoms with van der Waals surface area (Å²) in [7, 11) is 0. The molecule has 0 N–H and O–H groups in total. The molecule has 28 heavy (non-hydrogen) atoms. The van der Waals surface area contributed by atoms with E-state index < -0.39 is 0 Å². The van der Waals surface area contributed by atoms with E-state index in [1.54, 1.807) is 12.1 Å². The molecular weight excluding hydrogens is 359 g/mol. The van der Waals surface area contributed by atoms with E-state index in [1.165, 1.54) is 17.7 Å². The number of benzene rings is 2. The fourth-order valence-corrected chi connectivity index (χ4v) is 3.26. The molecular formula is C21H17FN4O2. The van der Waals surface area contributed by atoms with E-state index in [-0.39, 0.29) is 11.9 Å². The van der Waals surface area contributed by atoms with Crippen LogP contribution in [-0.2, 0) is 17.9 Å². The smallest absolute Gasteiger partial charge is 0.278 e. The highest BCUT2D eigenvalue weighted by molar-refractivity contribution is 5.57. The van der Waals surface area contributed by atoms with Crippen LogP contribution in [0.15, 0.2) is 59.1 Å². The summed E-state index contributed by atoms with van der Waals surface area (Å²) in [4.78, 5) is 4.39. The molecule has 0 fully saturated rings. The third kappa shape index (κ3) is 3.10. The first-order valence-electron chi connectivity index (χ1n) is 9.00. The Bertz CT molecular complexity index is 1120. The molecule has 2 aromatic carbocycles. The summed E-state index contributed by atoms with van der Waals surface area (Å²) < 4.78 is 26.4. The van der Waals surface area contributed by atoms with Gasteiger partial charge >= 0.3 is 0 Å². The minimum atomic E-state index is -0.308. The normalized spacial score (nSPS) is 16.1. The molecule has 0 bridgehead atoms. The van der Waals surface area contributed by atoms with Crippen molar-refractivity contribution in [2.75, 3.05) is 0 Å². The molecule has 0 radical (unpaired) electrons.